The van der Waals surface area contributed by atoms with Gasteiger partial charge in [-0.2, -0.15) is 13.2 Å². The van der Waals surface area contributed by atoms with Crippen molar-refractivity contribution in [2.24, 2.45) is 0 Å². The van der Waals surface area contributed by atoms with Crippen LogP contribution in [0.2, 0.25) is 0 Å². The zero-order chi connectivity index (χ0) is 24.5. The second kappa shape index (κ2) is 9.46. The smallest absolute Gasteiger partial charge is 0.416 e. The number of anilines is 1. The number of nitrogens with zero attached hydrogens (tertiary/aromatic N) is 2. The monoisotopic (exact) mass is 512 g/mol. The van der Waals surface area contributed by atoms with E-state index in [2.05, 4.69) is 0 Å². The summed E-state index contributed by atoms with van der Waals surface area (Å²) >= 11 is 1.45. The summed E-state index contributed by atoms with van der Waals surface area (Å²) in [5.74, 6) is 1.21. The molecule has 0 saturated carbocycles. The van der Waals surface area contributed by atoms with Crippen molar-refractivity contribution in [1.82, 2.24) is 4.98 Å². The lowest BCUT2D eigenvalue weighted by atomic mass is 10.1. The highest BCUT2D eigenvalue weighted by molar-refractivity contribution is 7.92. The molecule has 0 unspecified atom stereocenters. The molecule has 0 bridgehead atoms. The van der Waals surface area contributed by atoms with Crippen molar-refractivity contribution in [2.45, 2.75) is 29.2 Å². The number of hydrogen-bond acceptors (Lipinski definition) is 7. The Morgan fingerprint density at radius 3 is 2.38 bits per heavy atom. The maximum absolute atomic E-state index is 13.0. The van der Waals surface area contributed by atoms with Crippen LogP contribution in [0.4, 0.5) is 18.3 Å². The summed E-state index contributed by atoms with van der Waals surface area (Å²) in [6, 6.07) is 9.48. The van der Waals surface area contributed by atoms with Crippen molar-refractivity contribution < 1.29 is 31.1 Å². The topological polar surface area (TPSA) is 68.7 Å². The summed E-state index contributed by atoms with van der Waals surface area (Å²) < 4.78 is 75.7. The first-order chi connectivity index (χ1) is 16.1. The van der Waals surface area contributed by atoms with E-state index in [-0.39, 0.29) is 4.90 Å². The van der Waals surface area contributed by atoms with Crippen molar-refractivity contribution in [1.29, 1.82) is 0 Å². The number of thiazole rings is 1. The summed E-state index contributed by atoms with van der Waals surface area (Å²) in [5, 5.41) is 1.94. The Bertz CT molecular complexity index is 1270. The maximum Gasteiger partial charge on any atom is 0.416 e. The van der Waals surface area contributed by atoms with Gasteiger partial charge in [-0.3, -0.25) is 0 Å². The molecule has 4 rings (SSSR count). The fourth-order valence-corrected chi connectivity index (χ4v) is 6.60. The van der Waals surface area contributed by atoms with E-state index in [9.17, 15) is 21.6 Å². The number of piperidine rings is 1. The summed E-state index contributed by atoms with van der Waals surface area (Å²) in [5.41, 5.74) is 0.665. The Hall–Kier alpha value is -2.79. The fourth-order valence-electron chi connectivity index (χ4n) is 3.94. The maximum atomic E-state index is 13.0. The van der Waals surface area contributed by atoms with Crippen LogP contribution in [-0.2, 0) is 16.0 Å². The van der Waals surface area contributed by atoms with E-state index in [4.69, 9.17) is 14.5 Å². The average Bonchev–Trinajstić information content (AvgIpc) is 3.33. The van der Waals surface area contributed by atoms with Gasteiger partial charge in [-0.05, 0) is 49.2 Å². The highest BCUT2D eigenvalue weighted by Crippen LogP contribution is 2.36. The molecular weight excluding hydrogens is 489 g/mol. The number of hydrogen-bond donors (Lipinski definition) is 0. The van der Waals surface area contributed by atoms with E-state index in [1.165, 1.54) is 17.4 Å². The molecule has 0 aliphatic carbocycles. The number of methoxy groups -OCH3 is 2. The van der Waals surface area contributed by atoms with Gasteiger partial charge in [0.1, 0.15) is 0 Å². The lowest BCUT2D eigenvalue weighted by Crippen LogP contribution is -2.39. The van der Waals surface area contributed by atoms with Crippen LogP contribution in [0.25, 0.3) is 11.3 Å². The minimum absolute atomic E-state index is 0.286. The summed E-state index contributed by atoms with van der Waals surface area (Å²) in [4.78, 5) is 6.41. The number of aromatic nitrogens is 1. The van der Waals surface area contributed by atoms with E-state index in [0.717, 1.165) is 34.6 Å². The molecule has 11 heteroatoms. The van der Waals surface area contributed by atoms with Gasteiger partial charge in [0.15, 0.2) is 26.5 Å². The molecule has 1 aliphatic rings. The van der Waals surface area contributed by atoms with Crippen LogP contribution in [0.5, 0.6) is 11.5 Å². The molecule has 3 aromatic rings. The number of rotatable bonds is 6. The van der Waals surface area contributed by atoms with E-state index >= 15 is 0 Å². The van der Waals surface area contributed by atoms with Gasteiger partial charge in [-0.15, -0.1) is 11.3 Å². The Labute approximate surface area is 199 Å². The van der Waals surface area contributed by atoms with Gasteiger partial charge in [0.25, 0.3) is 0 Å². The van der Waals surface area contributed by atoms with Crippen molar-refractivity contribution in [2.75, 3.05) is 32.2 Å². The summed E-state index contributed by atoms with van der Waals surface area (Å²) in [7, 11) is -0.746. The van der Waals surface area contributed by atoms with Gasteiger partial charge in [0, 0.05) is 24.0 Å². The number of halogens is 3. The van der Waals surface area contributed by atoms with Crippen molar-refractivity contribution >= 4 is 26.3 Å². The van der Waals surface area contributed by atoms with Crippen LogP contribution in [0.15, 0.2) is 52.7 Å². The molecule has 0 N–H and O–H groups in total. The molecule has 6 nitrogen and oxygen atoms in total. The number of benzene rings is 2. The quantitative estimate of drug-likeness (QED) is 0.447. The highest BCUT2D eigenvalue weighted by atomic mass is 32.2. The molecule has 1 saturated heterocycles. The van der Waals surface area contributed by atoms with Gasteiger partial charge in [0.05, 0.1) is 35.6 Å². The van der Waals surface area contributed by atoms with E-state index in [0.29, 0.717) is 37.4 Å². The molecule has 2 aromatic carbocycles. The third kappa shape index (κ3) is 4.85. The molecule has 34 heavy (non-hydrogen) atoms. The molecular formula is C23H23F3N2O4S2. The Morgan fingerprint density at radius 2 is 1.74 bits per heavy atom. The lowest BCUT2D eigenvalue weighted by Gasteiger charge is -2.31. The predicted octanol–water partition coefficient (Wildman–Crippen LogP) is 5.29. The normalized spacial score (nSPS) is 15.4. The third-order valence-corrected chi connectivity index (χ3v) is 8.97. The number of alkyl halides is 3. The van der Waals surface area contributed by atoms with Crippen molar-refractivity contribution in [3.8, 4) is 22.8 Å². The second-order valence-electron chi connectivity index (χ2n) is 7.84. The summed E-state index contributed by atoms with van der Waals surface area (Å²) in [6.45, 7) is 0.892. The van der Waals surface area contributed by atoms with Crippen molar-refractivity contribution in [3.63, 3.8) is 0 Å². The Balaban J connectivity index is 1.46. The largest absolute Gasteiger partial charge is 0.493 e. The number of ether oxygens (including phenoxy) is 2. The second-order valence-corrected chi connectivity index (χ2v) is 10.9. The van der Waals surface area contributed by atoms with Gasteiger partial charge in [0.2, 0.25) is 0 Å². The predicted molar refractivity (Wildman–Crippen MR) is 125 cm³/mol. The van der Waals surface area contributed by atoms with Crippen molar-refractivity contribution in [3.05, 3.63) is 53.4 Å². The summed E-state index contributed by atoms with van der Waals surface area (Å²) in [6.07, 6.45) is -3.97. The molecule has 0 spiro atoms. The van der Waals surface area contributed by atoms with Crippen LogP contribution in [0.1, 0.15) is 18.4 Å². The van der Waals surface area contributed by atoms with Gasteiger partial charge in [-0.25, -0.2) is 13.4 Å². The molecule has 2 heterocycles. The number of sulfone groups is 1. The molecule has 1 aromatic heterocycles. The Kier molecular flexibility index (Phi) is 6.77. The molecule has 0 amide bonds. The fraction of sp³-hybridized carbons (Fsp3) is 0.348. The van der Waals surface area contributed by atoms with Crippen LogP contribution < -0.4 is 14.4 Å². The van der Waals surface area contributed by atoms with Crippen LogP contribution in [-0.4, -0.2) is 46.0 Å². The van der Waals surface area contributed by atoms with Gasteiger partial charge >= 0.3 is 6.18 Å². The van der Waals surface area contributed by atoms with E-state index < -0.39 is 26.8 Å². The molecule has 182 valence electrons. The lowest BCUT2D eigenvalue weighted by molar-refractivity contribution is -0.137. The standard InChI is InChI=1S/C23H23F3N2O4S2/c1-31-20-7-6-15(12-21(20)32-2)19-14-33-22(27-19)28-10-8-17(9-11-28)34(29,30)18-5-3-4-16(13-18)23(24,25)26/h3-7,12-14,17H,8-11H2,1-2H3. The van der Waals surface area contributed by atoms with Crippen LogP contribution >= 0.6 is 11.3 Å². The third-order valence-electron chi connectivity index (χ3n) is 5.81. The molecule has 1 aliphatic heterocycles. The van der Waals surface area contributed by atoms with Gasteiger partial charge < -0.3 is 14.4 Å². The van der Waals surface area contributed by atoms with E-state index in [1.54, 1.807) is 20.3 Å². The molecule has 0 radical (unpaired) electrons. The van der Waals surface area contributed by atoms with Gasteiger partial charge in [-0.1, -0.05) is 6.07 Å². The molecule has 0 atom stereocenters. The van der Waals surface area contributed by atoms with E-state index in [1.807, 2.05) is 22.4 Å². The minimum atomic E-state index is -4.59. The first-order valence-electron chi connectivity index (χ1n) is 10.5. The first kappa shape index (κ1) is 24.3. The SMILES string of the molecule is COc1ccc(-c2csc(N3CCC(S(=O)(=O)c4cccc(C(F)(F)F)c4)CC3)n2)cc1OC. The highest BCUT2D eigenvalue weighted by Gasteiger charge is 2.35. The van der Waals surface area contributed by atoms with Crippen LogP contribution in [0, 0.1) is 0 Å². The van der Waals surface area contributed by atoms with Crippen LogP contribution in [0.3, 0.4) is 0 Å². The zero-order valence-corrected chi connectivity index (χ0v) is 20.1. The Morgan fingerprint density at radius 1 is 1.03 bits per heavy atom. The zero-order valence-electron chi connectivity index (χ0n) is 18.5. The molecule has 1 fully saturated rings. The first-order valence-corrected chi connectivity index (χ1v) is 12.9. The minimum Gasteiger partial charge on any atom is -0.493 e. The average molecular weight is 513 g/mol.